The van der Waals surface area contributed by atoms with Crippen LogP contribution in [-0.4, -0.2) is 78.8 Å². The van der Waals surface area contributed by atoms with E-state index < -0.39 is 42.4 Å². The number of aromatic nitrogens is 3. The SMILES string of the molecule is [B]N(C#CCNC(=O)Cn1cc(CC)nn1)[C@H]1CC(C)[C@@H](COP(=O)(O)OP(=O)(O)OP(=O)(O)O)O1. The van der Waals surface area contributed by atoms with Crippen LogP contribution in [0.3, 0.4) is 0 Å². The number of ether oxygens (including phenoxy) is 1. The highest BCUT2D eigenvalue weighted by Gasteiger charge is 2.42. The third kappa shape index (κ3) is 10.8. The van der Waals surface area contributed by atoms with E-state index in [2.05, 4.69) is 40.7 Å². The Bertz CT molecular complexity index is 1120. The number of phosphoric ester groups is 1. The molecule has 0 aliphatic carbocycles. The van der Waals surface area contributed by atoms with Crippen molar-refractivity contribution < 1.29 is 55.9 Å². The predicted molar refractivity (Wildman–Crippen MR) is 120 cm³/mol. The molecule has 17 nitrogen and oxygen atoms in total. The fourth-order valence-electron chi connectivity index (χ4n) is 2.84. The van der Waals surface area contributed by atoms with Crippen molar-refractivity contribution in [3.05, 3.63) is 11.9 Å². The van der Waals surface area contributed by atoms with Gasteiger partial charge >= 0.3 is 23.5 Å². The first-order valence-electron chi connectivity index (χ1n) is 10.2. The molecule has 5 N–H and O–H groups in total. The van der Waals surface area contributed by atoms with Gasteiger partial charge < -0.3 is 34.4 Å². The zero-order chi connectivity index (χ0) is 27.1. The van der Waals surface area contributed by atoms with Crippen LogP contribution in [0.4, 0.5) is 0 Å². The number of hydrogen-bond acceptors (Lipinski definition) is 11. The number of nitrogens with zero attached hydrogens (tertiary/aromatic N) is 4. The van der Waals surface area contributed by atoms with E-state index in [4.69, 9.17) is 22.5 Å². The number of carbonyl (C=O) groups excluding carboxylic acids is 1. The van der Waals surface area contributed by atoms with Gasteiger partial charge in [-0.2, -0.15) is 8.62 Å². The highest BCUT2D eigenvalue weighted by molar-refractivity contribution is 7.66. The molecule has 0 bridgehead atoms. The summed E-state index contributed by atoms with van der Waals surface area (Å²) in [6, 6.07) is 2.58. The Morgan fingerprint density at radius 2 is 2.00 bits per heavy atom. The summed E-state index contributed by atoms with van der Waals surface area (Å²) in [4.78, 5) is 48.8. The van der Waals surface area contributed by atoms with Crippen LogP contribution >= 0.6 is 23.5 Å². The molecule has 0 spiro atoms. The minimum Gasteiger partial charge on any atom is -0.363 e. The Morgan fingerprint density at radius 1 is 1.31 bits per heavy atom. The molecule has 1 aromatic heterocycles. The second kappa shape index (κ2) is 12.8. The van der Waals surface area contributed by atoms with Crippen molar-refractivity contribution >= 4 is 37.4 Å². The maximum atomic E-state index is 11.9. The zero-order valence-corrected chi connectivity index (χ0v) is 21.8. The molecule has 1 aromatic rings. The largest absolute Gasteiger partial charge is 0.490 e. The molecule has 3 unspecified atom stereocenters. The second-order valence-corrected chi connectivity index (χ2v) is 11.9. The average Bonchev–Trinajstić information content (AvgIpc) is 3.33. The van der Waals surface area contributed by atoms with Gasteiger partial charge in [-0.3, -0.25) is 9.32 Å². The van der Waals surface area contributed by atoms with Gasteiger partial charge in [0.05, 0.1) is 24.9 Å². The fourth-order valence-corrected chi connectivity index (χ4v) is 5.87. The van der Waals surface area contributed by atoms with Gasteiger partial charge in [-0.1, -0.05) is 25.0 Å². The number of aryl methyl sites for hydroxylation is 1. The molecule has 5 atom stereocenters. The molecule has 0 aromatic carbocycles. The van der Waals surface area contributed by atoms with E-state index in [1.165, 1.54) is 4.68 Å². The second-order valence-electron chi connectivity index (χ2n) is 7.46. The number of hydrogen-bond donors (Lipinski definition) is 5. The average molecular weight is 571 g/mol. The third-order valence-electron chi connectivity index (χ3n) is 4.50. The summed E-state index contributed by atoms with van der Waals surface area (Å²) >= 11 is 0. The quantitative estimate of drug-likeness (QED) is 0.0912. The summed E-state index contributed by atoms with van der Waals surface area (Å²) in [6.45, 7) is 2.98. The Labute approximate surface area is 207 Å². The summed E-state index contributed by atoms with van der Waals surface area (Å²) in [6.07, 6.45) is 1.11. The fraction of sp³-hybridized carbons (Fsp3) is 0.667. The normalized spacial score (nSPS) is 23.2. The maximum Gasteiger partial charge on any atom is 0.490 e. The summed E-state index contributed by atoms with van der Waals surface area (Å²) < 4.78 is 52.8. The number of amides is 1. The Kier molecular flexibility index (Phi) is 10.9. The molecule has 1 saturated heterocycles. The number of nitrogens with one attached hydrogen (secondary N) is 1. The van der Waals surface area contributed by atoms with Crippen molar-refractivity contribution in [3.8, 4) is 12.0 Å². The van der Waals surface area contributed by atoms with Crippen LogP contribution < -0.4 is 5.32 Å². The zero-order valence-electron chi connectivity index (χ0n) is 19.1. The van der Waals surface area contributed by atoms with Crippen molar-refractivity contribution in [2.75, 3.05) is 13.2 Å². The summed E-state index contributed by atoms with van der Waals surface area (Å²) in [7, 11) is -10.5. The van der Waals surface area contributed by atoms with Gasteiger partial charge in [-0.25, -0.2) is 18.4 Å². The number of rotatable bonds is 12. The molecule has 1 fully saturated rings. The molecule has 2 rings (SSSR count). The van der Waals surface area contributed by atoms with Crippen molar-refractivity contribution in [1.29, 1.82) is 0 Å². The van der Waals surface area contributed by atoms with Gasteiger partial charge in [0.1, 0.15) is 12.8 Å². The van der Waals surface area contributed by atoms with Crippen molar-refractivity contribution in [2.45, 2.75) is 45.6 Å². The molecule has 200 valence electrons. The van der Waals surface area contributed by atoms with E-state index in [-0.39, 0.29) is 24.9 Å². The van der Waals surface area contributed by atoms with E-state index >= 15 is 0 Å². The van der Waals surface area contributed by atoms with E-state index in [1.54, 1.807) is 13.1 Å². The van der Waals surface area contributed by atoms with Crippen molar-refractivity contribution in [3.63, 3.8) is 0 Å². The molecular weight excluding hydrogens is 546 g/mol. The van der Waals surface area contributed by atoms with Crippen LogP contribution in [-0.2, 0) is 49.3 Å². The Morgan fingerprint density at radius 3 is 2.61 bits per heavy atom. The van der Waals surface area contributed by atoms with Crippen molar-refractivity contribution in [2.24, 2.45) is 5.92 Å². The Hall–Kier alpha value is -1.60. The highest BCUT2D eigenvalue weighted by atomic mass is 31.3. The van der Waals surface area contributed by atoms with Crippen LogP contribution in [0.2, 0.25) is 0 Å². The van der Waals surface area contributed by atoms with Gasteiger partial charge in [0.2, 0.25) is 13.9 Å². The molecule has 36 heavy (non-hydrogen) atoms. The molecule has 0 saturated carbocycles. The van der Waals surface area contributed by atoms with E-state index in [0.29, 0.717) is 12.8 Å². The highest BCUT2D eigenvalue weighted by Crippen LogP contribution is 2.66. The smallest absolute Gasteiger partial charge is 0.363 e. The van der Waals surface area contributed by atoms with Gasteiger partial charge in [-0.15, -0.1) is 5.10 Å². The summed E-state index contributed by atoms with van der Waals surface area (Å²) in [5.74, 6) is 2.04. The van der Waals surface area contributed by atoms with Crippen LogP contribution in [0.25, 0.3) is 0 Å². The van der Waals surface area contributed by atoms with Crippen LogP contribution in [0.5, 0.6) is 0 Å². The van der Waals surface area contributed by atoms with Gasteiger partial charge in [-0.05, 0) is 24.8 Å². The van der Waals surface area contributed by atoms with Crippen LogP contribution in [0.1, 0.15) is 26.0 Å². The lowest BCUT2D eigenvalue weighted by Crippen LogP contribution is -2.31. The minimum absolute atomic E-state index is 0.0143. The number of phosphoric acid groups is 3. The lowest BCUT2D eigenvalue weighted by Gasteiger charge is -2.22. The first kappa shape index (κ1) is 30.6. The lowest BCUT2D eigenvalue weighted by molar-refractivity contribution is -0.121. The molecule has 2 heterocycles. The topological polar surface area (TPSA) is 232 Å². The van der Waals surface area contributed by atoms with Gasteiger partial charge in [0, 0.05) is 6.20 Å². The molecule has 1 aliphatic rings. The lowest BCUT2D eigenvalue weighted by atomic mass is 10.0. The van der Waals surface area contributed by atoms with Crippen molar-refractivity contribution in [1.82, 2.24) is 25.1 Å². The third-order valence-corrected chi connectivity index (χ3v) is 8.31. The molecule has 2 radical (unpaired) electrons. The molecule has 21 heteroatoms. The van der Waals surface area contributed by atoms with Crippen LogP contribution in [0.15, 0.2) is 6.20 Å². The Balaban J connectivity index is 1.78. The monoisotopic (exact) mass is 571 g/mol. The van der Waals surface area contributed by atoms with E-state index in [9.17, 15) is 28.3 Å². The summed E-state index contributed by atoms with van der Waals surface area (Å²) in [5.41, 5.74) is 0.757. The van der Waals surface area contributed by atoms with Crippen LogP contribution in [0, 0.1) is 17.9 Å². The minimum atomic E-state index is -5.61. The van der Waals surface area contributed by atoms with Gasteiger partial charge in [0.15, 0.2) is 0 Å². The maximum absolute atomic E-state index is 11.9. The number of carbonyl (C=O) groups is 1. The van der Waals surface area contributed by atoms with E-state index in [1.807, 2.05) is 6.92 Å². The standard InChI is InChI=1S/C15H25BN5O12P3/c1-3-12-8-20(19-18-12)9-14(22)17-5-4-6-21(16)15-7-11(2)13(31-15)10-30-35(26,27)33-36(28,29)32-34(23,24)25/h8,11,13,15H,3,5,7,9-10H2,1-2H3,(H,17,22)(H,26,27)(H,28,29)(H2,23,24,25)/t11?,13-,15-/m1/s1. The molecule has 1 aliphatic heterocycles. The van der Waals surface area contributed by atoms with Gasteiger partial charge in [0.25, 0.3) is 0 Å². The molecular formula is C15H25BN5O12P3. The first-order valence-corrected chi connectivity index (χ1v) is 14.7. The first-order chi connectivity index (χ1) is 16.6. The molecule has 1 amide bonds. The van der Waals surface area contributed by atoms with E-state index in [0.717, 1.165) is 10.5 Å². The predicted octanol–water partition coefficient (Wildman–Crippen LogP) is -0.602. The summed E-state index contributed by atoms with van der Waals surface area (Å²) in [5, 5.41) is 10.3.